The molecule has 0 aliphatic rings. The molecule has 0 fully saturated rings. The molecule has 0 bridgehead atoms. The molecule has 0 aromatic heterocycles. The van der Waals surface area contributed by atoms with E-state index in [4.69, 9.17) is 4.55 Å². The molecule has 64 valence electrons. The highest BCUT2D eigenvalue weighted by atomic mass is 32.2. The summed E-state index contributed by atoms with van der Waals surface area (Å²) in [6, 6.07) is 0. The minimum atomic E-state index is -4.18. The first-order valence-corrected chi connectivity index (χ1v) is 4.50. The highest BCUT2D eigenvalue weighted by molar-refractivity contribution is 7.89. The SMILES string of the molecule is CCC(C=O)=C(C)S(=O)(=O)O. The second-order valence-electron chi connectivity index (χ2n) is 2.03. The Kier molecular flexibility index (Phi) is 3.41. The van der Waals surface area contributed by atoms with Gasteiger partial charge in [0, 0.05) is 5.57 Å². The Balaban J connectivity index is 5.09. The molecule has 5 heteroatoms. The number of hydrogen-bond donors (Lipinski definition) is 1. The van der Waals surface area contributed by atoms with Crippen LogP contribution in [0.5, 0.6) is 0 Å². The first kappa shape index (κ1) is 10.3. The Bertz CT molecular complexity index is 273. The number of aldehydes is 1. The van der Waals surface area contributed by atoms with Gasteiger partial charge in [-0.05, 0) is 13.3 Å². The average molecular weight is 178 g/mol. The van der Waals surface area contributed by atoms with Crippen LogP contribution in [0, 0.1) is 0 Å². The van der Waals surface area contributed by atoms with Crippen LogP contribution >= 0.6 is 0 Å². The van der Waals surface area contributed by atoms with Crippen molar-refractivity contribution in [2.24, 2.45) is 0 Å². The summed E-state index contributed by atoms with van der Waals surface area (Å²) in [6.45, 7) is 2.83. The number of rotatable bonds is 3. The fraction of sp³-hybridized carbons (Fsp3) is 0.500. The normalized spacial score (nSPS) is 14.1. The highest BCUT2D eigenvalue weighted by Crippen LogP contribution is 2.10. The molecule has 11 heavy (non-hydrogen) atoms. The summed E-state index contributed by atoms with van der Waals surface area (Å²) in [7, 11) is -4.18. The van der Waals surface area contributed by atoms with Gasteiger partial charge in [-0.15, -0.1) is 0 Å². The molecular formula is C6H10O4S. The van der Waals surface area contributed by atoms with Gasteiger partial charge in [0.05, 0.1) is 4.91 Å². The zero-order chi connectivity index (χ0) is 9.07. The van der Waals surface area contributed by atoms with E-state index in [1.54, 1.807) is 6.92 Å². The second kappa shape index (κ2) is 3.64. The first-order valence-electron chi connectivity index (χ1n) is 3.06. The molecule has 0 rings (SSSR count). The minimum absolute atomic E-state index is 0.104. The summed E-state index contributed by atoms with van der Waals surface area (Å²) in [5.41, 5.74) is 0.104. The summed E-state index contributed by atoms with van der Waals surface area (Å²) in [6.07, 6.45) is 0.734. The third kappa shape index (κ3) is 2.81. The molecule has 4 nitrogen and oxygen atoms in total. The van der Waals surface area contributed by atoms with E-state index in [2.05, 4.69) is 0 Å². The number of allylic oxidation sites excluding steroid dienone is 2. The molecule has 0 saturated heterocycles. The van der Waals surface area contributed by atoms with Gasteiger partial charge in [0.15, 0.2) is 0 Å². The molecule has 0 aromatic rings. The smallest absolute Gasteiger partial charge is 0.290 e. The monoisotopic (exact) mass is 178 g/mol. The van der Waals surface area contributed by atoms with Crippen molar-refractivity contribution >= 4 is 16.4 Å². The molecule has 0 aliphatic carbocycles. The summed E-state index contributed by atoms with van der Waals surface area (Å²) < 4.78 is 29.3. The summed E-state index contributed by atoms with van der Waals surface area (Å²) >= 11 is 0. The van der Waals surface area contributed by atoms with Crippen molar-refractivity contribution in [3.05, 3.63) is 10.5 Å². The van der Waals surface area contributed by atoms with Crippen molar-refractivity contribution in [2.45, 2.75) is 20.3 Å². The average Bonchev–Trinajstić information content (AvgIpc) is 1.88. The van der Waals surface area contributed by atoms with Crippen LogP contribution < -0.4 is 0 Å². The molecular weight excluding hydrogens is 168 g/mol. The van der Waals surface area contributed by atoms with Gasteiger partial charge < -0.3 is 0 Å². The molecule has 0 aromatic carbocycles. The van der Waals surface area contributed by atoms with Crippen molar-refractivity contribution in [1.82, 2.24) is 0 Å². The van der Waals surface area contributed by atoms with E-state index in [0.717, 1.165) is 0 Å². The number of hydrogen-bond acceptors (Lipinski definition) is 3. The van der Waals surface area contributed by atoms with Crippen molar-refractivity contribution < 1.29 is 17.8 Å². The molecule has 0 heterocycles. The topological polar surface area (TPSA) is 71.4 Å². The standard InChI is InChI=1S/C6H10O4S/c1-3-6(4-7)5(2)11(8,9)10/h4H,3H2,1-2H3,(H,8,9,10). The summed E-state index contributed by atoms with van der Waals surface area (Å²) in [5.74, 6) is 0. The Labute approximate surface area is 65.7 Å². The summed E-state index contributed by atoms with van der Waals surface area (Å²) in [4.78, 5) is 9.92. The van der Waals surface area contributed by atoms with Crippen LogP contribution in [0.25, 0.3) is 0 Å². The predicted molar refractivity (Wildman–Crippen MR) is 40.6 cm³/mol. The first-order chi connectivity index (χ1) is 4.93. The zero-order valence-corrected chi connectivity index (χ0v) is 7.18. The van der Waals surface area contributed by atoms with Crippen molar-refractivity contribution in [2.75, 3.05) is 0 Å². The maximum atomic E-state index is 10.4. The molecule has 0 saturated carbocycles. The van der Waals surface area contributed by atoms with Gasteiger partial charge >= 0.3 is 0 Å². The molecule has 0 aliphatic heterocycles. The van der Waals surface area contributed by atoms with Crippen LogP contribution in [0.3, 0.4) is 0 Å². The fourth-order valence-corrected chi connectivity index (χ4v) is 1.10. The Morgan fingerprint density at radius 3 is 2.09 bits per heavy atom. The van der Waals surface area contributed by atoms with Gasteiger partial charge in [-0.25, -0.2) is 0 Å². The van der Waals surface area contributed by atoms with E-state index >= 15 is 0 Å². The van der Waals surface area contributed by atoms with Crippen LogP contribution in [-0.2, 0) is 14.9 Å². The predicted octanol–water partition coefficient (Wildman–Crippen LogP) is 0.757. The molecule has 0 radical (unpaired) electrons. The van der Waals surface area contributed by atoms with Gasteiger partial charge in [0.2, 0.25) is 0 Å². The van der Waals surface area contributed by atoms with E-state index < -0.39 is 10.1 Å². The maximum absolute atomic E-state index is 10.4. The van der Waals surface area contributed by atoms with E-state index in [1.165, 1.54) is 6.92 Å². The molecule has 0 unspecified atom stereocenters. The molecule has 0 spiro atoms. The number of carbonyl (C=O) groups excluding carboxylic acids is 1. The van der Waals surface area contributed by atoms with E-state index in [-0.39, 0.29) is 10.5 Å². The van der Waals surface area contributed by atoms with Crippen LogP contribution in [0.15, 0.2) is 10.5 Å². The molecule has 1 N–H and O–H groups in total. The Hall–Kier alpha value is -0.680. The minimum Gasteiger partial charge on any atom is -0.298 e. The molecule has 0 amide bonds. The van der Waals surface area contributed by atoms with Crippen LogP contribution in [0.1, 0.15) is 20.3 Å². The highest BCUT2D eigenvalue weighted by Gasteiger charge is 2.12. The molecule has 0 atom stereocenters. The van der Waals surface area contributed by atoms with Gasteiger partial charge in [0.25, 0.3) is 10.1 Å². The second-order valence-corrected chi connectivity index (χ2v) is 3.59. The summed E-state index contributed by atoms with van der Waals surface area (Å²) in [5, 5.41) is 0. The maximum Gasteiger partial charge on any atom is 0.290 e. The van der Waals surface area contributed by atoms with Crippen molar-refractivity contribution in [3.8, 4) is 0 Å². The van der Waals surface area contributed by atoms with Gasteiger partial charge in [-0.1, -0.05) is 6.92 Å². The third-order valence-corrected chi connectivity index (χ3v) is 2.40. The van der Waals surface area contributed by atoms with Gasteiger partial charge in [-0.3, -0.25) is 9.35 Å². The number of carbonyl (C=O) groups is 1. The Morgan fingerprint density at radius 2 is 2.00 bits per heavy atom. The van der Waals surface area contributed by atoms with E-state index in [1.807, 2.05) is 0 Å². The Morgan fingerprint density at radius 1 is 1.55 bits per heavy atom. The lowest BCUT2D eigenvalue weighted by Gasteiger charge is -1.98. The van der Waals surface area contributed by atoms with Gasteiger partial charge in [-0.2, -0.15) is 8.42 Å². The third-order valence-electron chi connectivity index (χ3n) is 1.36. The fourth-order valence-electron chi connectivity index (χ4n) is 0.581. The van der Waals surface area contributed by atoms with Crippen molar-refractivity contribution in [3.63, 3.8) is 0 Å². The van der Waals surface area contributed by atoms with Crippen molar-refractivity contribution in [1.29, 1.82) is 0 Å². The lowest BCUT2D eigenvalue weighted by molar-refractivity contribution is -0.105. The lowest BCUT2D eigenvalue weighted by atomic mass is 10.2. The van der Waals surface area contributed by atoms with E-state index in [0.29, 0.717) is 12.7 Å². The van der Waals surface area contributed by atoms with Crippen LogP contribution in [0.2, 0.25) is 0 Å². The van der Waals surface area contributed by atoms with Gasteiger partial charge in [0.1, 0.15) is 6.29 Å². The van der Waals surface area contributed by atoms with Crippen LogP contribution in [-0.4, -0.2) is 19.3 Å². The van der Waals surface area contributed by atoms with Crippen LogP contribution in [0.4, 0.5) is 0 Å². The van der Waals surface area contributed by atoms with E-state index in [9.17, 15) is 13.2 Å². The quantitative estimate of drug-likeness (QED) is 0.393. The lowest BCUT2D eigenvalue weighted by Crippen LogP contribution is -2.02. The largest absolute Gasteiger partial charge is 0.298 e. The zero-order valence-electron chi connectivity index (χ0n) is 6.36.